The minimum Gasteiger partial charge on any atom is -0.465 e. The lowest BCUT2D eigenvalue weighted by Crippen LogP contribution is -2.49. The number of thiophene rings is 1. The van der Waals surface area contributed by atoms with Gasteiger partial charge < -0.3 is 4.74 Å². The highest BCUT2D eigenvalue weighted by Crippen LogP contribution is 2.31. The molecule has 0 spiro atoms. The Bertz CT molecular complexity index is 430. The maximum Gasteiger partial charge on any atom is 0.311 e. The lowest BCUT2D eigenvalue weighted by molar-refractivity contribution is -0.145. The number of piperidine rings is 2. The first-order chi connectivity index (χ1) is 9.83. The summed E-state index contributed by atoms with van der Waals surface area (Å²) in [7, 11) is 0. The largest absolute Gasteiger partial charge is 0.465 e. The molecular formula is C16H23NO2S. The second kappa shape index (κ2) is 6.72. The predicted molar refractivity (Wildman–Crippen MR) is 80.9 cm³/mol. The van der Waals surface area contributed by atoms with Gasteiger partial charge in [0.1, 0.15) is 0 Å². The quantitative estimate of drug-likeness (QED) is 0.799. The first-order valence-corrected chi connectivity index (χ1v) is 8.63. The molecule has 0 bridgehead atoms. The Kier molecular flexibility index (Phi) is 4.73. The summed E-state index contributed by atoms with van der Waals surface area (Å²) in [4.78, 5) is 15.6. The van der Waals surface area contributed by atoms with Gasteiger partial charge in [-0.15, -0.1) is 11.3 Å². The minimum absolute atomic E-state index is 0.0691. The lowest BCUT2D eigenvalue weighted by Gasteiger charge is -2.44. The van der Waals surface area contributed by atoms with E-state index in [1.807, 2.05) is 17.5 Å². The lowest BCUT2D eigenvalue weighted by atomic mass is 9.84. The molecule has 0 saturated carbocycles. The van der Waals surface area contributed by atoms with Gasteiger partial charge in [0.05, 0.1) is 13.0 Å². The van der Waals surface area contributed by atoms with E-state index in [0.717, 1.165) is 4.88 Å². The molecule has 0 N–H and O–H groups in total. The van der Waals surface area contributed by atoms with Crippen molar-refractivity contribution in [3.05, 3.63) is 22.4 Å². The molecule has 0 unspecified atom stereocenters. The third kappa shape index (κ3) is 3.41. The second-order valence-electron chi connectivity index (χ2n) is 5.94. The van der Waals surface area contributed by atoms with Crippen LogP contribution in [0.5, 0.6) is 0 Å². The molecule has 2 aliphatic rings. The van der Waals surface area contributed by atoms with Gasteiger partial charge in [-0.3, -0.25) is 9.69 Å². The molecule has 0 amide bonds. The first kappa shape index (κ1) is 14.1. The van der Waals surface area contributed by atoms with Crippen molar-refractivity contribution < 1.29 is 9.53 Å². The van der Waals surface area contributed by atoms with Gasteiger partial charge in [-0.1, -0.05) is 12.5 Å². The molecule has 0 radical (unpaired) electrons. The van der Waals surface area contributed by atoms with Gasteiger partial charge in [-0.05, 0) is 50.2 Å². The molecule has 20 heavy (non-hydrogen) atoms. The number of fused-ring (bicyclic) bond motifs is 1. The van der Waals surface area contributed by atoms with Crippen molar-refractivity contribution in [1.82, 2.24) is 4.90 Å². The molecule has 0 aliphatic carbocycles. The summed E-state index contributed by atoms with van der Waals surface area (Å²) in [6, 6.07) is 4.64. The summed E-state index contributed by atoms with van der Waals surface area (Å²) in [5.74, 6) is 0.483. The van der Waals surface area contributed by atoms with Gasteiger partial charge in [0.15, 0.2) is 0 Å². The van der Waals surface area contributed by atoms with Gasteiger partial charge in [-0.25, -0.2) is 0 Å². The molecule has 4 heteroatoms. The van der Waals surface area contributed by atoms with Crippen LogP contribution in [-0.4, -0.2) is 36.6 Å². The summed E-state index contributed by atoms with van der Waals surface area (Å²) < 4.78 is 5.54. The van der Waals surface area contributed by atoms with E-state index in [4.69, 9.17) is 4.74 Å². The van der Waals surface area contributed by atoms with Crippen molar-refractivity contribution in [2.24, 2.45) is 5.92 Å². The highest BCUT2D eigenvalue weighted by molar-refractivity contribution is 7.10. The van der Waals surface area contributed by atoms with E-state index < -0.39 is 0 Å². The van der Waals surface area contributed by atoms with Crippen LogP contribution in [0.2, 0.25) is 0 Å². The van der Waals surface area contributed by atoms with Crippen LogP contribution >= 0.6 is 11.3 Å². The second-order valence-corrected chi connectivity index (χ2v) is 6.97. The van der Waals surface area contributed by atoms with Crippen molar-refractivity contribution in [3.63, 3.8) is 0 Å². The topological polar surface area (TPSA) is 29.5 Å². The molecule has 0 aromatic carbocycles. The Hall–Kier alpha value is -0.870. The zero-order chi connectivity index (χ0) is 13.8. The van der Waals surface area contributed by atoms with Crippen LogP contribution in [0.3, 0.4) is 0 Å². The maximum atomic E-state index is 11.9. The van der Waals surface area contributed by atoms with E-state index in [2.05, 4.69) is 4.90 Å². The van der Waals surface area contributed by atoms with Gasteiger partial charge >= 0.3 is 5.97 Å². The molecular weight excluding hydrogens is 270 g/mol. The number of ether oxygens (including phenoxy) is 1. The predicted octanol–water partition coefficient (Wildman–Crippen LogP) is 3.10. The number of hydrogen-bond acceptors (Lipinski definition) is 4. The van der Waals surface area contributed by atoms with Crippen molar-refractivity contribution in [2.45, 2.75) is 44.6 Å². The number of hydrogen-bond donors (Lipinski definition) is 0. The monoisotopic (exact) mass is 293 g/mol. The van der Waals surface area contributed by atoms with Crippen molar-refractivity contribution in [2.75, 3.05) is 19.7 Å². The van der Waals surface area contributed by atoms with Crippen molar-refractivity contribution >= 4 is 17.3 Å². The van der Waals surface area contributed by atoms with Crippen LogP contribution in [0.1, 0.15) is 37.0 Å². The van der Waals surface area contributed by atoms with E-state index in [1.165, 1.54) is 45.2 Å². The highest BCUT2D eigenvalue weighted by atomic mass is 32.1. The van der Waals surface area contributed by atoms with E-state index in [0.29, 0.717) is 25.0 Å². The third-order valence-electron chi connectivity index (χ3n) is 4.59. The molecule has 2 fully saturated rings. The summed E-state index contributed by atoms with van der Waals surface area (Å²) in [5, 5.41) is 2.00. The van der Waals surface area contributed by atoms with Gasteiger partial charge in [0.25, 0.3) is 0 Å². The van der Waals surface area contributed by atoms with Crippen LogP contribution in [0, 0.1) is 5.92 Å². The smallest absolute Gasteiger partial charge is 0.311 e. The molecule has 1 aromatic heterocycles. The molecule has 2 atom stereocenters. The Morgan fingerprint density at radius 1 is 1.30 bits per heavy atom. The van der Waals surface area contributed by atoms with E-state index >= 15 is 0 Å². The van der Waals surface area contributed by atoms with Crippen molar-refractivity contribution in [3.8, 4) is 0 Å². The minimum atomic E-state index is -0.0691. The normalized spacial score (nSPS) is 27.0. The average molecular weight is 293 g/mol. The Morgan fingerprint density at radius 2 is 2.20 bits per heavy atom. The van der Waals surface area contributed by atoms with E-state index in [9.17, 15) is 4.79 Å². The van der Waals surface area contributed by atoms with Crippen LogP contribution in [-0.2, 0) is 16.0 Å². The van der Waals surface area contributed by atoms with Gasteiger partial charge in [0.2, 0.25) is 0 Å². The molecule has 3 nitrogen and oxygen atoms in total. The standard InChI is InChI=1S/C16H23NO2S/c18-16(11-14-6-4-10-20-14)19-12-13-5-3-9-17-8-2-1-7-15(13)17/h4,6,10,13,15H,1-3,5,7-9,11-12H2/t13-,15-/m1/s1. The molecule has 3 heterocycles. The number of esters is 1. The van der Waals surface area contributed by atoms with Crippen molar-refractivity contribution in [1.29, 1.82) is 0 Å². The Labute approximate surface area is 124 Å². The zero-order valence-corrected chi connectivity index (χ0v) is 12.7. The zero-order valence-electron chi connectivity index (χ0n) is 11.9. The van der Waals surface area contributed by atoms with Gasteiger partial charge in [0, 0.05) is 16.8 Å². The number of carbonyl (C=O) groups is 1. The van der Waals surface area contributed by atoms with E-state index in [1.54, 1.807) is 11.3 Å². The Morgan fingerprint density at radius 3 is 3.05 bits per heavy atom. The summed E-state index contributed by atoms with van der Waals surface area (Å²) >= 11 is 1.62. The molecule has 2 aliphatic heterocycles. The van der Waals surface area contributed by atoms with Crippen LogP contribution < -0.4 is 0 Å². The van der Waals surface area contributed by atoms with Crippen LogP contribution in [0.25, 0.3) is 0 Å². The number of nitrogens with zero attached hydrogens (tertiary/aromatic N) is 1. The number of carbonyl (C=O) groups excluding carboxylic acids is 1. The Balaban J connectivity index is 1.48. The van der Waals surface area contributed by atoms with Gasteiger partial charge in [-0.2, -0.15) is 0 Å². The highest BCUT2D eigenvalue weighted by Gasteiger charge is 2.33. The third-order valence-corrected chi connectivity index (χ3v) is 5.46. The summed E-state index contributed by atoms with van der Waals surface area (Å²) in [6.07, 6.45) is 6.85. The SMILES string of the molecule is O=C(Cc1cccs1)OC[C@H]1CCCN2CCCC[C@H]12. The first-order valence-electron chi connectivity index (χ1n) is 7.75. The van der Waals surface area contributed by atoms with Crippen LogP contribution in [0.4, 0.5) is 0 Å². The maximum absolute atomic E-state index is 11.9. The summed E-state index contributed by atoms with van der Waals surface area (Å²) in [5.41, 5.74) is 0. The number of rotatable bonds is 4. The fourth-order valence-electron chi connectivity index (χ4n) is 3.58. The fourth-order valence-corrected chi connectivity index (χ4v) is 4.27. The fraction of sp³-hybridized carbons (Fsp3) is 0.688. The molecule has 110 valence electrons. The molecule has 3 rings (SSSR count). The van der Waals surface area contributed by atoms with E-state index in [-0.39, 0.29) is 5.97 Å². The molecule has 2 saturated heterocycles. The van der Waals surface area contributed by atoms with Crippen LogP contribution in [0.15, 0.2) is 17.5 Å². The average Bonchev–Trinajstić information content (AvgIpc) is 2.98. The summed E-state index contributed by atoms with van der Waals surface area (Å²) in [6.45, 7) is 3.10. The molecule has 1 aromatic rings.